The highest BCUT2D eigenvalue weighted by atomic mass is 35.5. The number of carbonyl (C=O) groups is 1. The zero-order valence-electron chi connectivity index (χ0n) is 13.8. The largest absolute Gasteiger partial charge is 0.477 e. The second-order valence-corrected chi connectivity index (χ2v) is 6.81. The lowest BCUT2D eigenvalue weighted by atomic mass is 10.1. The summed E-state index contributed by atoms with van der Waals surface area (Å²) in [5, 5.41) is 15.6. The molecule has 0 spiro atoms. The third kappa shape index (κ3) is 2.58. The number of carboxylic acids is 1. The third-order valence-electron chi connectivity index (χ3n) is 4.10. The van der Waals surface area contributed by atoms with Crippen molar-refractivity contribution in [2.45, 2.75) is 13.8 Å². The van der Waals surface area contributed by atoms with Crippen molar-refractivity contribution in [2.24, 2.45) is 0 Å². The Kier molecular flexibility index (Phi) is 3.82. The Morgan fingerprint density at radius 2 is 1.88 bits per heavy atom. The lowest BCUT2D eigenvalue weighted by Crippen LogP contribution is -2.08. The van der Waals surface area contributed by atoms with Gasteiger partial charge in [-0.25, -0.2) is 19.3 Å². The van der Waals surface area contributed by atoms with E-state index in [1.807, 2.05) is 19.9 Å². The van der Waals surface area contributed by atoms with E-state index in [4.69, 9.17) is 23.2 Å². The predicted molar refractivity (Wildman–Crippen MR) is 100 cm³/mol. The second-order valence-electron chi connectivity index (χ2n) is 5.97. The Morgan fingerprint density at radius 3 is 2.58 bits per heavy atom. The highest BCUT2D eigenvalue weighted by Gasteiger charge is 2.20. The Balaban J connectivity index is 2.13. The summed E-state index contributed by atoms with van der Waals surface area (Å²) in [6.07, 6.45) is 0. The van der Waals surface area contributed by atoms with Crippen molar-refractivity contribution >= 4 is 45.9 Å². The predicted octanol–water partition coefficient (Wildman–Crippen LogP) is 4.57. The third-order valence-corrected chi connectivity index (χ3v) is 4.65. The number of carboxylic acid groups (broad SMARTS) is 1. The molecule has 3 heterocycles. The Labute approximate surface area is 158 Å². The minimum Gasteiger partial charge on any atom is -0.477 e. The zero-order valence-corrected chi connectivity index (χ0v) is 15.3. The van der Waals surface area contributed by atoms with Crippen molar-refractivity contribution in [1.82, 2.24) is 19.6 Å². The molecule has 6 nitrogen and oxygen atoms in total. The van der Waals surface area contributed by atoms with Crippen LogP contribution in [0.25, 0.3) is 27.9 Å². The number of aromatic carboxylic acids is 1. The van der Waals surface area contributed by atoms with Crippen molar-refractivity contribution in [3.8, 4) is 11.3 Å². The summed E-state index contributed by atoms with van der Waals surface area (Å²) in [5.74, 6) is -1.12. The fourth-order valence-electron chi connectivity index (χ4n) is 3.01. The molecule has 0 saturated carbocycles. The molecule has 0 unspecified atom stereocenters. The smallest absolute Gasteiger partial charge is 0.354 e. The number of hydrogen-bond acceptors (Lipinski definition) is 4. The van der Waals surface area contributed by atoms with Crippen molar-refractivity contribution in [2.75, 3.05) is 0 Å². The average Bonchev–Trinajstić information content (AvgIpc) is 2.91. The first kappa shape index (κ1) is 16.8. The number of nitrogens with zero attached hydrogens (tertiary/aromatic N) is 4. The molecule has 0 aliphatic carbocycles. The highest BCUT2D eigenvalue weighted by molar-refractivity contribution is 6.36. The number of aryl methyl sites for hydroxylation is 2. The van der Waals surface area contributed by atoms with E-state index in [-0.39, 0.29) is 5.69 Å². The molecule has 1 aromatic carbocycles. The maximum absolute atomic E-state index is 11.8. The monoisotopic (exact) mass is 386 g/mol. The van der Waals surface area contributed by atoms with E-state index in [9.17, 15) is 9.90 Å². The van der Waals surface area contributed by atoms with Crippen LogP contribution in [0.5, 0.6) is 0 Å². The van der Waals surface area contributed by atoms with Crippen LogP contribution in [0.3, 0.4) is 0 Å². The Bertz CT molecular complexity index is 1220. The van der Waals surface area contributed by atoms with Crippen molar-refractivity contribution in [3.05, 3.63) is 57.3 Å². The molecule has 0 fully saturated rings. The van der Waals surface area contributed by atoms with Crippen molar-refractivity contribution < 1.29 is 9.90 Å². The van der Waals surface area contributed by atoms with Crippen molar-refractivity contribution in [1.29, 1.82) is 0 Å². The molecule has 3 aromatic heterocycles. The van der Waals surface area contributed by atoms with E-state index in [0.29, 0.717) is 38.0 Å². The summed E-state index contributed by atoms with van der Waals surface area (Å²) in [4.78, 5) is 20.8. The van der Waals surface area contributed by atoms with Gasteiger partial charge in [-0.2, -0.15) is 0 Å². The van der Waals surface area contributed by atoms with Gasteiger partial charge in [0.2, 0.25) is 0 Å². The van der Waals surface area contributed by atoms with Gasteiger partial charge in [-0.1, -0.05) is 23.2 Å². The summed E-state index contributed by atoms with van der Waals surface area (Å²) < 4.78 is 1.31. The summed E-state index contributed by atoms with van der Waals surface area (Å²) >= 11 is 12.2. The molecule has 26 heavy (non-hydrogen) atoms. The quantitative estimate of drug-likeness (QED) is 0.545. The van der Waals surface area contributed by atoms with Gasteiger partial charge >= 0.3 is 5.97 Å². The first-order valence-corrected chi connectivity index (χ1v) is 8.47. The number of aromatic nitrogens is 4. The Hall–Kier alpha value is -2.70. The fraction of sp³-hybridized carbons (Fsp3) is 0.111. The van der Waals surface area contributed by atoms with Gasteiger partial charge in [-0.3, -0.25) is 0 Å². The molecule has 130 valence electrons. The van der Waals surface area contributed by atoms with Gasteiger partial charge in [0.05, 0.1) is 16.1 Å². The molecule has 0 atom stereocenters. The average molecular weight is 387 g/mol. The molecule has 4 aromatic rings. The van der Waals surface area contributed by atoms with Crippen LogP contribution >= 0.6 is 23.2 Å². The number of hydrogen-bond donors (Lipinski definition) is 1. The maximum Gasteiger partial charge on any atom is 0.354 e. The minimum atomic E-state index is -1.12. The summed E-state index contributed by atoms with van der Waals surface area (Å²) in [5.41, 5.74) is 3.60. The second kappa shape index (κ2) is 5.93. The number of rotatable bonds is 2. The Morgan fingerprint density at radius 1 is 1.12 bits per heavy atom. The topological polar surface area (TPSA) is 80.4 Å². The van der Waals surface area contributed by atoms with E-state index >= 15 is 0 Å². The van der Waals surface area contributed by atoms with Crippen LogP contribution in [-0.2, 0) is 0 Å². The molecule has 0 radical (unpaired) electrons. The van der Waals surface area contributed by atoms with Crippen molar-refractivity contribution in [3.63, 3.8) is 0 Å². The summed E-state index contributed by atoms with van der Waals surface area (Å²) in [7, 11) is 0. The number of halogens is 2. The molecule has 0 aliphatic rings. The number of pyridine rings is 1. The van der Waals surface area contributed by atoms with Gasteiger partial charge in [0.15, 0.2) is 17.0 Å². The first-order chi connectivity index (χ1) is 12.3. The molecule has 4 rings (SSSR count). The molecule has 0 amide bonds. The van der Waals surface area contributed by atoms with Gasteiger partial charge in [0.1, 0.15) is 0 Å². The van der Waals surface area contributed by atoms with Crippen LogP contribution in [0.2, 0.25) is 10.0 Å². The molecule has 0 aliphatic heterocycles. The lowest BCUT2D eigenvalue weighted by molar-refractivity contribution is 0.0687. The minimum absolute atomic E-state index is 0.0222. The summed E-state index contributed by atoms with van der Waals surface area (Å²) in [6, 6.07) is 8.34. The van der Waals surface area contributed by atoms with Gasteiger partial charge in [-0.15, -0.1) is 5.10 Å². The maximum atomic E-state index is 11.8. The van der Waals surface area contributed by atoms with Crippen LogP contribution in [0.15, 0.2) is 30.3 Å². The molecular weight excluding hydrogens is 375 g/mol. The van der Waals surface area contributed by atoms with E-state index < -0.39 is 5.97 Å². The number of fused-ring (bicyclic) bond motifs is 3. The van der Waals surface area contributed by atoms with Crippen LogP contribution < -0.4 is 0 Å². The van der Waals surface area contributed by atoms with Gasteiger partial charge in [-0.05, 0) is 49.7 Å². The van der Waals surface area contributed by atoms with Crippen LogP contribution in [0.4, 0.5) is 0 Å². The van der Waals surface area contributed by atoms with E-state index in [1.165, 1.54) is 10.6 Å². The van der Waals surface area contributed by atoms with E-state index in [1.54, 1.807) is 18.2 Å². The lowest BCUT2D eigenvalue weighted by Gasteiger charge is -2.07. The molecule has 1 N–H and O–H groups in total. The molecule has 0 bridgehead atoms. The highest BCUT2D eigenvalue weighted by Crippen LogP contribution is 2.31. The molecule has 8 heteroatoms. The van der Waals surface area contributed by atoms with Crippen LogP contribution in [-0.4, -0.2) is 30.7 Å². The molecule has 0 saturated heterocycles. The van der Waals surface area contributed by atoms with Gasteiger partial charge in [0, 0.05) is 16.3 Å². The van der Waals surface area contributed by atoms with Crippen LogP contribution in [0, 0.1) is 13.8 Å². The van der Waals surface area contributed by atoms with E-state index in [2.05, 4.69) is 15.1 Å². The fourth-order valence-corrected chi connectivity index (χ4v) is 3.51. The van der Waals surface area contributed by atoms with E-state index in [0.717, 1.165) is 11.3 Å². The van der Waals surface area contributed by atoms with Gasteiger partial charge in [0.25, 0.3) is 0 Å². The number of benzene rings is 1. The SMILES string of the molecule is Cc1cc(C)c2c(n1)nn1c(C(=O)O)cc(-c3ccc(Cl)cc3Cl)nc21. The zero-order chi connectivity index (χ0) is 18.6. The summed E-state index contributed by atoms with van der Waals surface area (Å²) in [6.45, 7) is 3.78. The first-order valence-electron chi connectivity index (χ1n) is 7.71. The standard InChI is InChI=1S/C18H12Cl2N4O2/c1-8-5-9(2)21-16-15(8)17-22-13(7-14(18(25)26)24(17)23-16)11-4-3-10(19)6-12(11)20/h3-7H,1-2H3,(H,25,26). The molecular formula is C18H12Cl2N4O2. The van der Waals surface area contributed by atoms with Crippen LogP contribution in [0.1, 0.15) is 21.7 Å². The van der Waals surface area contributed by atoms with Gasteiger partial charge < -0.3 is 5.11 Å². The normalized spacial score (nSPS) is 11.4.